The zero-order valence-corrected chi connectivity index (χ0v) is 9.80. The number of nitrogens with zero attached hydrogens (tertiary/aromatic N) is 2. The molecule has 0 amide bonds. The van der Waals surface area contributed by atoms with E-state index in [0.29, 0.717) is 17.5 Å². The van der Waals surface area contributed by atoms with E-state index in [1.54, 1.807) is 0 Å². The number of non-ortho nitro benzene ring substituents is 1. The third kappa shape index (κ3) is 1.82. The number of rotatable bonds is 2. The molecule has 2 saturated heterocycles. The van der Waals surface area contributed by atoms with Crippen molar-refractivity contribution in [1.82, 2.24) is 5.32 Å². The Kier molecular flexibility index (Phi) is 2.66. The third-order valence-electron chi connectivity index (χ3n) is 3.87. The van der Waals surface area contributed by atoms with E-state index in [0.717, 1.165) is 32.2 Å². The fourth-order valence-electron chi connectivity index (χ4n) is 2.92. The Labute approximate surface area is 104 Å². The molecule has 18 heavy (non-hydrogen) atoms. The largest absolute Gasteiger partial charge is 0.368 e. The third-order valence-corrected chi connectivity index (χ3v) is 3.87. The Morgan fingerprint density at radius 1 is 1.33 bits per heavy atom. The predicted octanol–water partition coefficient (Wildman–Crippen LogP) is 1.39. The molecule has 2 aliphatic rings. The molecule has 0 aromatic heterocycles. The van der Waals surface area contributed by atoms with E-state index >= 15 is 0 Å². The Bertz CT molecular complexity index is 482. The molecule has 2 atom stereocenters. The lowest BCUT2D eigenvalue weighted by atomic mass is 10.0. The van der Waals surface area contributed by atoms with Gasteiger partial charge in [-0.2, -0.15) is 0 Å². The lowest BCUT2D eigenvalue weighted by molar-refractivity contribution is -0.385. The van der Waals surface area contributed by atoms with Crippen LogP contribution in [0.4, 0.5) is 15.8 Å². The van der Waals surface area contributed by atoms with Crippen LogP contribution in [-0.4, -0.2) is 31.1 Å². The van der Waals surface area contributed by atoms with Gasteiger partial charge in [0.25, 0.3) is 5.69 Å². The molecule has 3 rings (SSSR count). The summed E-state index contributed by atoms with van der Waals surface area (Å²) in [4.78, 5) is 12.0. The van der Waals surface area contributed by atoms with Crippen LogP contribution in [0.15, 0.2) is 18.2 Å². The first-order valence-corrected chi connectivity index (χ1v) is 6.05. The monoisotopic (exact) mass is 251 g/mol. The van der Waals surface area contributed by atoms with E-state index < -0.39 is 10.7 Å². The SMILES string of the molecule is O=[N+]([O-])c1ccc(N2C[C@H]3CNC[C@H]3C2)c(F)c1. The summed E-state index contributed by atoms with van der Waals surface area (Å²) in [6.07, 6.45) is 0. The molecule has 0 radical (unpaired) electrons. The minimum absolute atomic E-state index is 0.197. The van der Waals surface area contributed by atoms with Crippen molar-refractivity contribution in [2.75, 3.05) is 31.1 Å². The summed E-state index contributed by atoms with van der Waals surface area (Å²) in [5, 5.41) is 13.9. The average Bonchev–Trinajstić information content (AvgIpc) is 2.88. The fourth-order valence-corrected chi connectivity index (χ4v) is 2.92. The summed E-state index contributed by atoms with van der Waals surface area (Å²) in [7, 11) is 0. The van der Waals surface area contributed by atoms with Gasteiger partial charge in [-0.25, -0.2) is 4.39 Å². The number of benzene rings is 1. The molecule has 96 valence electrons. The van der Waals surface area contributed by atoms with Gasteiger partial charge in [-0.3, -0.25) is 10.1 Å². The summed E-state index contributed by atoms with van der Waals surface area (Å²) in [6.45, 7) is 3.62. The van der Waals surface area contributed by atoms with Gasteiger partial charge in [-0.05, 0) is 17.9 Å². The number of fused-ring (bicyclic) bond motifs is 1. The van der Waals surface area contributed by atoms with Crippen molar-refractivity contribution in [2.24, 2.45) is 11.8 Å². The summed E-state index contributed by atoms with van der Waals surface area (Å²) in [6, 6.07) is 3.88. The van der Waals surface area contributed by atoms with Gasteiger partial charge in [0, 0.05) is 32.2 Å². The summed E-state index contributed by atoms with van der Waals surface area (Å²) in [5.74, 6) is 0.635. The van der Waals surface area contributed by atoms with Gasteiger partial charge in [-0.15, -0.1) is 0 Å². The van der Waals surface area contributed by atoms with Crippen molar-refractivity contribution >= 4 is 11.4 Å². The molecule has 2 heterocycles. The molecule has 1 N–H and O–H groups in total. The molecule has 0 bridgehead atoms. The van der Waals surface area contributed by atoms with E-state index in [2.05, 4.69) is 5.32 Å². The van der Waals surface area contributed by atoms with Crippen LogP contribution in [-0.2, 0) is 0 Å². The maximum Gasteiger partial charge on any atom is 0.272 e. The quantitative estimate of drug-likeness (QED) is 0.637. The van der Waals surface area contributed by atoms with Gasteiger partial charge in [0.2, 0.25) is 0 Å². The zero-order valence-electron chi connectivity index (χ0n) is 9.80. The number of hydrogen-bond acceptors (Lipinski definition) is 4. The fraction of sp³-hybridized carbons (Fsp3) is 0.500. The van der Waals surface area contributed by atoms with Gasteiger partial charge in [-0.1, -0.05) is 0 Å². The van der Waals surface area contributed by atoms with Crippen molar-refractivity contribution in [3.05, 3.63) is 34.1 Å². The van der Waals surface area contributed by atoms with Crippen LogP contribution in [0.1, 0.15) is 0 Å². The average molecular weight is 251 g/mol. The highest BCUT2D eigenvalue weighted by Crippen LogP contribution is 2.32. The Morgan fingerprint density at radius 3 is 2.56 bits per heavy atom. The standard InChI is InChI=1S/C12H14FN3O2/c13-11-3-10(16(17)18)1-2-12(11)15-6-8-4-14-5-9(8)7-15/h1-3,8-9,14H,4-7H2/t8-,9+. The highest BCUT2D eigenvalue weighted by Gasteiger charge is 2.37. The van der Waals surface area contributed by atoms with Crippen LogP contribution < -0.4 is 10.2 Å². The predicted molar refractivity (Wildman–Crippen MR) is 65.1 cm³/mol. The topological polar surface area (TPSA) is 58.4 Å². The first-order valence-electron chi connectivity index (χ1n) is 6.05. The normalized spacial score (nSPS) is 26.4. The van der Waals surface area contributed by atoms with Crippen molar-refractivity contribution in [2.45, 2.75) is 0 Å². The Hall–Kier alpha value is -1.69. The van der Waals surface area contributed by atoms with Crippen LogP contribution in [0, 0.1) is 27.8 Å². The summed E-state index contributed by atoms with van der Waals surface area (Å²) < 4.78 is 13.9. The van der Waals surface area contributed by atoms with Gasteiger partial charge in [0.15, 0.2) is 5.82 Å². The Morgan fingerprint density at radius 2 is 2.00 bits per heavy atom. The second-order valence-electron chi connectivity index (χ2n) is 4.98. The van der Waals surface area contributed by atoms with Crippen LogP contribution >= 0.6 is 0 Å². The Balaban J connectivity index is 1.83. The second kappa shape index (κ2) is 4.20. The van der Waals surface area contributed by atoms with Gasteiger partial charge < -0.3 is 10.2 Å². The highest BCUT2D eigenvalue weighted by atomic mass is 19.1. The number of nitro benzene ring substituents is 1. The molecule has 1 aromatic carbocycles. The molecule has 2 fully saturated rings. The molecule has 0 saturated carbocycles. The molecule has 1 aromatic rings. The van der Waals surface area contributed by atoms with Crippen LogP contribution in [0.25, 0.3) is 0 Å². The highest BCUT2D eigenvalue weighted by molar-refractivity contribution is 5.53. The van der Waals surface area contributed by atoms with Crippen LogP contribution in [0.3, 0.4) is 0 Å². The van der Waals surface area contributed by atoms with E-state index in [4.69, 9.17) is 0 Å². The number of nitro groups is 1. The van der Waals surface area contributed by atoms with Crippen molar-refractivity contribution in [1.29, 1.82) is 0 Å². The van der Waals surface area contributed by atoms with Crippen molar-refractivity contribution in [3.8, 4) is 0 Å². The summed E-state index contributed by atoms with van der Waals surface area (Å²) in [5.41, 5.74) is 0.285. The van der Waals surface area contributed by atoms with E-state index in [1.165, 1.54) is 12.1 Å². The van der Waals surface area contributed by atoms with Crippen molar-refractivity contribution < 1.29 is 9.31 Å². The van der Waals surface area contributed by atoms with Gasteiger partial charge in [0.1, 0.15) is 0 Å². The molecule has 6 heteroatoms. The van der Waals surface area contributed by atoms with Crippen LogP contribution in [0.5, 0.6) is 0 Å². The van der Waals surface area contributed by atoms with E-state index in [-0.39, 0.29) is 5.69 Å². The minimum Gasteiger partial charge on any atom is -0.368 e. The first-order chi connectivity index (χ1) is 8.65. The van der Waals surface area contributed by atoms with Crippen molar-refractivity contribution in [3.63, 3.8) is 0 Å². The van der Waals surface area contributed by atoms with Crippen LogP contribution in [0.2, 0.25) is 0 Å². The molecular weight excluding hydrogens is 237 g/mol. The maximum absolute atomic E-state index is 13.9. The zero-order chi connectivity index (χ0) is 12.7. The molecule has 0 aliphatic carbocycles. The molecular formula is C12H14FN3O2. The molecule has 2 aliphatic heterocycles. The molecule has 5 nitrogen and oxygen atoms in total. The number of halogens is 1. The second-order valence-corrected chi connectivity index (χ2v) is 4.98. The number of nitrogens with one attached hydrogen (secondary N) is 1. The molecule has 0 spiro atoms. The van der Waals surface area contributed by atoms with E-state index in [9.17, 15) is 14.5 Å². The maximum atomic E-state index is 13.9. The smallest absolute Gasteiger partial charge is 0.272 e. The minimum atomic E-state index is -0.574. The summed E-state index contributed by atoms with van der Waals surface area (Å²) >= 11 is 0. The van der Waals surface area contributed by atoms with Gasteiger partial charge in [0.05, 0.1) is 16.7 Å². The molecule has 0 unspecified atom stereocenters. The first kappa shape index (κ1) is 11.4. The number of hydrogen-bond donors (Lipinski definition) is 1. The van der Waals surface area contributed by atoms with Gasteiger partial charge >= 0.3 is 0 Å². The lowest BCUT2D eigenvalue weighted by Crippen LogP contribution is -2.26. The van der Waals surface area contributed by atoms with E-state index in [1.807, 2.05) is 4.90 Å². The number of anilines is 1. The lowest BCUT2D eigenvalue weighted by Gasteiger charge is -2.20.